The van der Waals surface area contributed by atoms with E-state index in [4.69, 9.17) is 34.8 Å². The van der Waals surface area contributed by atoms with Crippen LogP contribution in [0.5, 0.6) is 0 Å². The van der Waals surface area contributed by atoms with Crippen LogP contribution in [-0.2, 0) is 0 Å². The van der Waals surface area contributed by atoms with E-state index in [9.17, 15) is 0 Å². The quantitative estimate of drug-likeness (QED) is 0.643. The first kappa shape index (κ1) is 14.5. The Kier molecular flexibility index (Phi) is 8.56. The van der Waals surface area contributed by atoms with Crippen LogP contribution in [0, 0.1) is 0 Å². The van der Waals surface area contributed by atoms with Crippen molar-refractivity contribution in [1.29, 1.82) is 0 Å². The SMILES string of the molecule is Br.Br.Clc1ccnc(Cl)c1Cl. The molecular weight excluding hydrogens is 340 g/mol. The van der Waals surface area contributed by atoms with Gasteiger partial charge in [0.05, 0.1) is 10.0 Å². The van der Waals surface area contributed by atoms with Crippen LogP contribution in [0.25, 0.3) is 0 Å². The van der Waals surface area contributed by atoms with Gasteiger partial charge in [0, 0.05) is 6.20 Å². The fourth-order valence-corrected chi connectivity index (χ4v) is 0.861. The molecule has 0 N–H and O–H groups in total. The Morgan fingerprint density at radius 1 is 1.09 bits per heavy atom. The normalized spacial score (nSPS) is 7.91. The maximum absolute atomic E-state index is 5.56. The molecule has 64 valence electrons. The number of rotatable bonds is 0. The number of hydrogen-bond donors (Lipinski definition) is 0. The lowest BCUT2D eigenvalue weighted by molar-refractivity contribution is 1.33. The molecule has 6 heteroatoms. The predicted octanol–water partition coefficient (Wildman–Crippen LogP) is 4.20. The van der Waals surface area contributed by atoms with Gasteiger partial charge in [-0.05, 0) is 6.07 Å². The maximum Gasteiger partial charge on any atom is 0.149 e. The molecule has 0 unspecified atom stereocenters. The molecule has 0 aliphatic rings. The van der Waals surface area contributed by atoms with E-state index in [0.717, 1.165) is 0 Å². The third-order valence-electron chi connectivity index (χ3n) is 0.800. The van der Waals surface area contributed by atoms with E-state index >= 15 is 0 Å². The molecule has 0 spiro atoms. The molecule has 0 radical (unpaired) electrons. The topological polar surface area (TPSA) is 12.9 Å². The molecule has 1 aromatic rings. The Balaban J connectivity index is 0. The van der Waals surface area contributed by atoms with Gasteiger partial charge in [-0.15, -0.1) is 34.0 Å². The van der Waals surface area contributed by atoms with Crippen LogP contribution in [0.1, 0.15) is 0 Å². The van der Waals surface area contributed by atoms with Crippen molar-refractivity contribution in [3.8, 4) is 0 Å². The summed E-state index contributed by atoms with van der Waals surface area (Å²) in [6, 6.07) is 1.58. The van der Waals surface area contributed by atoms with E-state index in [2.05, 4.69) is 4.98 Å². The minimum Gasteiger partial charge on any atom is -0.243 e. The highest BCUT2D eigenvalue weighted by molar-refractivity contribution is 8.93. The monoisotopic (exact) mass is 341 g/mol. The van der Waals surface area contributed by atoms with Crippen LogP contribution >= 0.6 is 68.8 Å². The Hall–Kier alpha value is 0.980. The Labute approximate surface area is 101 Å². The second kappa shape index (κ2) is 6.49. The summed E-state index contributed by atoms with van der Waals surface area (Å²) in [5.74, 6) is 0. The second-order valence-corrected chi connectivity index (χ2v) is 2.54. The van der Waals surface area contributed by atoms with Gasteiger partial charge in [0.15, 0.2) is 0 Å². The predicted molar refractivity (Wildman–Crippen MR) is 59.9 cm³/mol. The molecule has 0 aliphatic heterocycles. The Bertz CT molecular complexity index is 211. The van der Waals surface area contributed by atoms with Crippen molar-refractivity contribution in [1.82, 2.24) is 4.98 Å². The van der Waals surface area contributed by atoms with Crippen molar-refractivity contribution in [2.45, 2.75) is 0 Å². The van der Waals surface area contributed by atoms with E-state index in [0.29, 0.717) is 10.0 Å². The van der Waals surface area contributed by atoms with Gasteiger partial charge in [-0.1, -0.05) is 34.8 Å². The van der Waals surface area contributed by atoms with Crippen LogP contribution in [0.2, 0.25) is 15.2 Å². The van der Waals surface area contributed by atoms with E-state index in [1.165, 1.54) is 6.20 Å². The van der Waals surface area contributed by atoms with Crippen molar-refractivity contribution in [3.63, 3.8) is 0 Å². The molecule has 0 amide bonds. The molecule has 0 fully saturated rings. The average molecular weight is 344 g/mol. The van der Waals surface area contributed by atoms with E-state index < -0.39 is 0 Å². The van der Waals surface area contributed by atoms with Crippen molar-refractivity contribution in [3.05, 3.63) is 27.5 Å². The van der Waals surface area contributed by atoms with Crippen LogP contribution in [-0.4, -0.2) is 4.98 Å². The molecule has 0 aliphatic carbocycles. The number of nitrogens with zero attached hydrogens (tertiary/aromatic N) is 1. The summed E-state index contributed by atoms with van der Waals surface area (Å²) in [4.78, 5) is 3.69. The molecule has 1 heterocycles. The first-order valence-electron chi connectivity index (χ1n) is 2.17. The molecular formula is C5H4Br2Cl3N. The molecule has 1 rings (SSSR count). The Morgan fingerprint density at radius 3 is 2.00 bits per heavy atom. The lowest BCUT2D eigenvalue weighted by Crippen LogP contribution is -1.74. The first-order chi connectivity index (χ1) is 4.22. The summed E-state index contributed by atoms with van der Waals surface area (Å²) in [5, 5.41) is 0.974. The van der Waals surface area contributed by atoms with Gasteiger partial charge < -0.3 is 0 Å². The molecule has 0 bridgehead atoms. The van der Waals surface area contributed by atoms with E-state index in [1.807, 2.05) is 0 Å². The lowest BCUT2D eigenvalue weighted by Gasteiger charge is -1.93. The van der Waals surface area contributed by atoms with Gasteiger partial charge in [0.1, 0.15) is 5.15 Å². The molecule has 0 atom stereocenters. The zero-order valence-corrected chi connectivity index (χ0v) is 10.7. The number of hydrogen-bond acceptors (Lipinski definition) is 1. The summed E-state index contributed by atoms with van der Waals surface area (Å²) in [5.41, 5.74) is 0. The molecule has 0 saturated carbocycles. The van der Waals surface area contributed by atoms with Crippen LogP contribution in [0.3, 0.4) is 0 Å². The fourth-order valence-electron chi connectivity index (χ4n) is 0.397. The zero-order valence-electron chi connectivity index (χ0n) is 5.05. The fraction of sp³-hybridized carbons (Fsp3) is 0. The molecule has 1 nitrogen and oxygen atoms in total. The molecule has 1 aromatic heterocycles. The Morgan fingerprint density at radius 2 is 1.64 bits per heavy atom. The van der Waals surface area contributed by atoms with Gasteiger partial charge in [0.25, 0.3) is 0 Å². The lowest BCUT2D eigenvalue weighted by atomic mass is 10.5. The molecule has 11 heavy (non-hydrogen) atoms. The van der Waals surface area contributed by atoms with Gasteiger partial charge in [0.2, 0.25) is 0 Å². The number of aromatic nitrogens is 1. The van der Waals surface area contributed by atoms with Crippen LogP contribution < -0.4 is 0 Å². The van der Waals surface area contributed by atoms with Crippen molar-refractivity contribution >= 4 is 68.8 Å². The highest BCUT2D eigenvalue weighted by atomic mass is 79.9. The zero-order chi connectivity index (χ0) is 6.85. The van der Waals surface area contributed by atoms with Gasteiger partial charge in [-0.25, -0.2) is 4.98 Å². The van der Waals surface area contributed by atoms with Crippen molar-refractivity contribution in [2.24, 2.45) is 0 Å². The number of halogens is 5. The third kappa shape index (κ3) is 3.95. The van der Waals surface area contributed by atoms with Crippen molar-refractivity contribution < 1.29 is 0 Å². The minimum absolute atomic E-state index is 0. The summed E-state index contributed by atoms with van der Waals surface area (Å²) >= 11 is 16.6. The van der Waals surface area contributed by atoms with E-state index in [1.54, 1.807) is 6.07 Å². The van der Waals surface area contributed by atoms with E-state index in [-0.39, 0.29) is 39.1 Å². The molecule has 0 aromatic carbocycles. The van der Waals surface area contributed by atoms with Gasteiger partial charge in [-0.3, -0.25) is 0 Å². The van der Waals surface area contributed by atoms with Crippen LogP contribution in [0.4, 0.5) is 0 Å². The standard InChI is InChI=1S/C5H2Cl3N.2BrH/c6-3-1-2-9-5(8)4(3)7;;/h1-2H;2*1H. The first-order valence-corrected chi connectivity index (χ1v) is 3.30. The van der Waals surface area contributed by atoms with Gasteiger partial charge in [-0.2, -0.15) is 0 Å². The highest BCUT2D eigenvalue weighted by Gasteiger charge is 2.00. The highest BCUT2D eigenvalue weighted by Crippen LogP contribution is 2.26. The summed E-state index contributed by atoms with van der Waals surface area (Å²) in [6.45, 7) is 0. The van der Waals surface area contributed by atoms with Crippen LogP contribution in [0.15, 0.2) is 12.3 Å². The smallest absolute Gasteiger partial charge is 0.149 e. The summed E-state index contributed by atoms with van der Waals surface area (Å²) in [6.07, 6.45) is 1.50. The molecule has 0 saturated heterocycles. The van der Waals surface area contributed by atoms with Crippen molar-refractivity contribution in [2.75, 3.05) is 0 Å². The summed E-state index contributed by atoms with van der Waals surface area (Å²) < 4.78 is 0. The third-order valence-corrected chi connectivity index (χ3v) is 1.98. The summed E-state index contributed by atoms with van der Waals surface area (Å²) in [7, 11) is 0. The average Bonchev–Trinajstić information content (AvgIpc) is 1.83. The maximum atomic E-state index is 5.56. The second-order valence-electron chi connectivity index (χ2n) is 1.40. The van der Waals surface area contributed by atoms with Gasteiger partial charge >= 0.3 is 0 Å². The minimum atomic E-state index is 0. The largest absolute Gasteiger partial charge is 0.243 e. The number of pyridine rings is 1.